The molecule has 0 saturated carbocycles. The van der Waals surface area contributed by atoms with E-state index in [9.17, 15) is 0 Å². The highest BCUT2D eigenvalue weighted by atomic mass is 32.1. The number of unbranched alkanes of at least 4 members (excludes halogenated alkanes) is 1. The molecule has 2 nitrogen and oxygen atoms in total. The number of thiophene rings is 1. The second-order valence-electron chi connectivity index (χ2n) is 4.83. The predicted molar refractivity (Wildman–Crippen MR) is 88.0 cm³/mol. The maximum absolute atomic E-state index is 4.12. The van der Waals surface area contributed by atoms with E-state index in [0.29, 0.717) is 0 Å². The van der Waals surface area contributed by atoms with Gasteiger partial charge in [0.1, 0.15) is 0 Å². The fourth-order valence-electron chi connectivity index (χ4n) is 2.31. The summed E-state index contributed by atoms with van der Waals surface area (Å²) in [5, 5.41) is 2.63. The van der Waals surface area contributed by atoms with Crippen LogP contribution in [0.25, 0.3) is 10.1 Å². The molecule has 0 aliphatic rings. The number of hydrogen-bond acceptors (Lipinski definition) is 3. The molecule has 0 bridgehead atoms. The van der Waals surface area contributed by atoms with Crippen molar-refractivity contribution in [3.8, 4) is 0 Å². The van der Waals surface area contributed by atoms with Crippen LogP contribution in [0.1, 0.15) is 19.8 Å². The molecule has 3 rings (SSSR count). The Morgan fingerprint density at radius 3 is 2.65 bits per heavy atom. The van der Waals surface area contributed by atoms with Crippen LogP contribution < -0.4 is 4.90 Å². The smallest absolute Gasteiger partial charge is 0.0965 e. The molecule has 0 aliphatic heterocycles. The average Bonchev–Trinajstić information content (AvgIpc) is 2.92. The van der Waals surface area contributed by atoms with Gasteiger partial charge >= 0.3 is 0 Å². The van der Waals surface area contributed by atoms with Gasteiger partial charge in [0, 0.05) is 29.3 Å². The molecule has 0 aliphatic carbocycles. The van der Waals surface area contributed by atoms with Crippen molar-refractivity contribution in [1.82, 2.24) is 4.98 Å². The Morgan fingerprint density at radius 1 is 1.10 bits per heavy atom. The molecule has 0 spiro atoms. The van der Waals surface area contributed by atoms with E-state index in [1.54, 1.807) is 0 Å². The highest BCUT2D eigenvalue weighted by molar-refractivity contribution is 7.22. The molecule has 1 aromatic carbocycles. The van der Waals surface area contributed by atoms with Gasteiger partial charge in [-0.15, -0.1) is 11.3 Å². The first-order chi connectivity index (χ1) is 9.88. The van der Waals surface area contributed by atoms with Crippen molar-refractivity contribution < 1.29 is 0 Å². The lowest BCUT2D eigenvalue weighted by Gasteiger charge is -2.22. The van der Waals surface area contributed by atoms with Gasteiger partial charge in [0.15, 0.2) is 0 Å². The van der Waals surface area contributed by atoms with E-state index in [1.165, 1.54) is 33.6 Å². The number of pyridine rings is 1. The van der Waals surface area contributed by atoms with Crippen LogP contribution in [0.15, 0.2) is 54.9 Å². The number of anilines is 2. The summed E-state index contributed by atoms with van der Waals surface area (Å²) >= 11 is 1.86. The first-order valence-electron chi connectivity index (χ1n) is 7.04. The van der Waals surface area contributed by atoms with Crippen LogP contribution in [-0.2, 0) is 0 Å². The summed E-state index contributed by atoms with van der Waals surface area (Å²) in [5.41, 5.74) is 1.22. The van der Waals surface area contributed by atoms with Gasteiger partial charge in [0.05, 0.1) is 5.00 Å². The van der Waals surface area contributed by atoms with Gasteiger partial charge in [-0.1, -0.05) is 31.5 Å². The molecule has 0 saturated heterocycles. The van der Waals surface area contributed by atoms with Crippen LogP contribution in [0.3, 0.4) is 0 Å². The third-order valence-electron chi connectivity index (χ3n) is 3.39. The molecule has 3 aromatic rings. The summed E-state index contributed by atoms with van der Waals surface area (Å²) in [5.74, 6) is 0. The van der Waals surface area contributed by atoms with Gasteiger partial charge in [-0.3, -0.25) is 4.98 Å². The van der Waals surface area contributed by atoms with Crippen LogP contribution >= 0.6 is 11.3 Å². The van der Waals surface area contributed by atoms with Gasteiger partial charge in [0.25, 0.3) is 0 Å². The lowest BCUT2D eigenvalue weighted by atomic mass is 10.2. The van der Waals surface area contributed by atoms with Gasteiger partial charge in [-0.25, -0.2) is 0 Å². The van der Waals surface area contributed by atoms with Crippen LogP contribution in [0.5, 0.6) is 0 Å². The van der Waals surface area contributed by atoms with Gasteiger partial charge in [0.2, 0.25) is 0 Å². The molecule has 0 radical (unpaired) electrons. The van der Waals surface area contributed by atoms with Crippen molar-refractivity contribution in [2.24, 2.45) is 0 Å². The molecule has 2 aromatic heterocycles. The number of nitrogens with zero attached hydrogens (tertiary/aromatic N) is 2. The third kappa shape index (κ3) is 2.68. The molecular formula is C17H18N2S. The number of hydrogen-bond donors (Lipinski definition) is 0. The Balaban J connectivity index is 2.00. The summed E-state index contributed by atoms with van der Waals surface area (Å²) in [7, 11) is 0. The van der Waals surface area contributed by atoms with E-state index >= 15 is 0 Å². The van der Waals surface area contributed by atoms with E-state index in [4.69, 9.17) is 0 Å². The Hall–Kier alpha value is -1.87. The molecule has 0 atom stereocenters. The average molecular weight is 282 g/mol. The van der Waals surface area contributed by atoms with Gasteiger partial charge in [-0.05, 0) is 36.1 Å². The highest BCUT2D eigenvalue weighted by Gasteiger charge is 2.11. The lowest BCUT2D eigenvalue weighted by Crippen LogP contribution is -2.17. The summed E-state index contributed by atoms with van der Waals surface area (Å²) in [6, 6.07) is 15.0. The van der Waals surface area contributed by atoms with Gasteiger partial charge in [-0.2, -0.15) is 0 Å². The van der Waals surface area contributed by atoms with Crippen LogP contribution in [0, 0.1) is 0 Å². The van der Waals surface area contributed by atoms with E-state index in [0.717, 1.165) is 6.54 Å². The van der Waals surface area contributed by atoms with Crippen molar-refractivity contribution in [3.05, 3.63) is 54.9 Å². The summed E-state index contributed by atoms with van der Waals surface area (Å²) < 4.78 is 1.35. The molecule has 102 valence electrons. The predicted octanol–water partition coefficient (Wildman–Crippen LogP) is 5.23. The normalized spacial score (nSPS) is 10.8. The molecule has 0 fully saturated rings. The zero-order chi connectivity index (χ0) is 13.8. The summed E-state index contributed by atoms with van der Waals surface area (Å²) in [6.45, 7) is 3.28. The Bertz CT molecular complexity index is 643. The first kappa shape index (κ1) is 13.1. The first-order valence-corrected chi connectivity index (χ1v) is 7.86. The quantitative estimate of drug-likeness (QED) is 0.636. The van der Waals surface area contributed by atoms with E-state index in [2.05, 4.69) is 59.3 Å². The lowest BCUT2D eigenvalue weighted by molar-refractivity contribution is 0.788. The molecule has 0 amide bonds. The minimum Gasteiger partial charge on any atom is -0.333 e. The molecule has 3 heteroatoms. The number of benzene rings is 1. The van der Waals surface area contributed by atoms with Crippen molar-refractivity contribution in [2.45, 2.75) is 19.8 Å². The Kier molecular flexibility index (Phi) is 3.97. The van der Waals surface area contributed by atoms with Gasteiger partial charge < -0.3 is 4.90 Å². The van der Waals surface area contributed by atoms with Crippen molar-refractivity contribution in [3.63, 3.8) is 0 Å². The number of rotatable bonds is 5. The standard InChI is InChI=1S/C17H18N2S/c1-2-3-12-19(15-8-10-18-11-9-15)17-13-14-6-4-5-7-16(14)20-17/h4-11,13H,2-3,12H2,1H3. The van der Waals surface area contributed by atoms with E-state index < -0.39 is 0 Å². The Morgan fingerprint density at radius 2 is 1.90 bits per heavy atom. The van der Waals surface area contributed by atoms with Crippen LogP contribution in [-0.4, -0.2) is 11.5 Å². The third-order valence-corrected chi connectivity index (χ3v) is 4.53. The summed E-state index contributed by atoms with van der Waals surface area (Å²) in [4.78, 5) is 6.52. The van der Waals surface area contributed by atoms with Crippen molar-refractivity contribution in [1.29, 1.82) is 0 Å². The Labute approximate surface area is 123 Å². The monoisotopic (exact) mass is 282 g/mol. The van der Waals surface area contributed by atoms with Crippen LogP contribution in [0.2, 0.25) is 0 Å². The summed E-state index contributed by atoms with van der Waals surface area (Å²) in [6.07, 6.45) is 6.12. The highest BCUT2D eigenvalue weighted by Crippen LogP contribution is 2.36. The molecule has 2 heterocycles. The second kappa shape index (κ2) is 6.06. The second-order valence-corrected chi connectivity index (χ2v) is 5.90. The largest absolute Gasteiger partial charge is 0.333 e. The van der Waals surface area contributed by atoms with Crippen LogP contribution in [0.4, 0.5) is 10.7 Å². The maximum Gasteiger partial charge on any atom is 0.0965 e. The fourth-order valence-corrected chi connectivity index (χ4v) is 3.42. The molecule has 0 N–H and O–H groups in total. The minimum atomic E-state index is 1.05. The SMILES string of the molecule is CCCCN(c1ccncc1)c1cc2ccccc2s1. The number of fused-ring (bicyclic) bond motifs is 1. The molecule has 0 unspecified atom stereocenters. The number of aromatic nitrogens is 1. The fraction of sp³-hybridized carbons (Fsp3) is 0.235. The van der Waals surface area contributed by atoms with Crippen molar-refractivity contribution >= 4 is 32.1 Å². The maximum atomic E-state index is 4.12. The zero-order valence-electron chi connectivity index (χ0n) is 11.6. The molecular weight excluding hydrogens is 264 g/mol. The molecule has 20 heavy (non-hydrogen) atoms. The minimum absolute atomic E-state index is 1.05. The van der Waals surface area contributed by atoms with E-state index in [-0.39, 0.29) is 0 Å². The zero-order valence-corrected chi connectivity index (χ0v) is 12.4. The van der Waals surface area contributed by atoms with Crippen molar-refractivity contribution in [2.75, 3.05) is 11.4 Å². The topological polar surface area (TPSA) is 16.1 Å². The van der Waals surface area contributed by atoms with E-state index in [1.807, 2.05) is 23.7 Å².